The zero-order valence-corrected chi connectivity index (χ0v) is 15.6. The molecule has 26 heavy (non-hydrogen) atoms. The van der Waals surface area contributed by atoms with Crippen molar-refractivity contribution in [3.05, 3.63) is 41.5 Å². The van der Waals surface area contributed by atoms with Gasteiger partial charge in [0.25, 0.3) is 0 Å². The van der Waals surface area contributed by atoms with Crippen LogP contribution in [0, 0.1) is 0 Å². The number of rotatable bonds is 7. The highest BCUT2D eigenvalue weighted by Crippen LogP contribution is 2.27. The molecular weight excluding hydrogens is 332 g/mol. The Morgan fingerprint density at radius 3 is 2.85 bits per heavy atom. The lowest BCUT2D eigenvalue weighted by molar-refractivity contribution is -0.122. The summed E-state index contributed by atoms with van der Waals surface area (Å²) in [6.45, 7) is 2.65. The summed E-state index contributed by atoms with van der Waals surface area (Å²) in [5.74, 6) is 1.47. The van der Waals surface area contributed by atoms with Gasteiger partial charge >= 0.3 is 0 Å². The van der Waals surface area contributed by atoms with Gasteiger partial charge in [0.05, 0.1) is 38.5 Å². The largest absolute Gasteiger partial charge is 0.493 e. The molecule has 1 amide bonds. The van der Waals surface area contributed by atoms with Crippen molar-refractivity contribution in [3.8, 4) is 11.5 Å². The van der Waals surface area contributed by atoms with E-state index in [1.165, 1.54) is 5.69 Å². The summed E-state index contributed by atoms with van der Waals surface area (Å²) in [6, 6.07) is 5.82. The number of aromatic nitrogens is 2. The first kappa shape index (κ1) is 18.3. The van der Waals surface area contributed by atoms with Crippen molar-refractivity contribution < 1.29 is 14.3 Å². The van der Waals surface area contributed by atoms with Crippen LogP contribution in [-0.2, 0) is 31.2 Å². The summed E-state index contributed by atoms with van der Waals surface area (Å²) >= 11 is 0. The number of imidazole rings is 1. The molecule has 0 radical (unpaired) electrons. The molecule has 1 aromatic carbocycles. The molecule has 1 N–H and O–H groups in total. The number of nitrogens with zero attached hydrogens (tertiary/aromatic N) is 3. The van der Waals surface area contributed by atoms with Crippen LogP contribution in [-0.4, -0.2) is 54.2 Å². The van der Waals surface area contributed by atoms with Gasteiger partial charge in [-0.25, -0.2) is 4.98 Å². The van der Waals surface area contributed by atoms with E-state index < -0.39 is 0 Å². The predicted octanol–water partition coefficient (Wildman–Crippen LogP) is 1.15. The number of hydrogen-bond donors (Lipinski definition) is 1. The van der Waals surface area contributed by atoms with Gasteiger partial charge in [0.2, 0.25) is 5.91 Å². The summed E-state index contributed by atoms with van der Waals surface area (Å²) < 4.78 is 12.6. The monoisotopic (exact) mass is 358 g/mol. The second kappa shape index (κ2) is 8.23. The molecule has 140 valence electrons. The average Bonchev–Trinajstić information content (AvgIpc) is 3.02. The molecule has 0 saturated carbocycles. The number of hydrogen-bond acceptors (Lipinski definition) is 5. The van der Waals surface area contributed by atoms with E-state index in [0.717, 1.165) is 37.2 Å². The molecule has 0 bridgehead atoms. The van der Waals surface area contributed by atoms with E-state index in [1.807, 2.05) is 36.1 Å². The third-order valence-corrected chi connectivity index (χ3v) is 4.73. The SMILES string of the molecule is COc1ccc(CCNC(=O)CN2CCc3ncn(C)c3C2)cc1OC. The van der Waals surface area contributed by atoms with Crippen LogP contribution in [0.25, 0.3) is 0 Å². The maximum atomic E-state index is 12.2. The fraction of sp³-hybridized carbons (Fsp3) is 0.474. The molecule has 0 spiro atoms. The first-order chi connectivity index (χ1) is 12.6. The van der Waals surface area contributed by atoms with Gasteiger partial charge in [0, 0.05) is 33.1 Å². The van der Waals surface area contributed by atoms with Crippen LogP contribution in [0.2, 0.25) is 0 Å². The number of amides is 1. The van der Waals surface area contributed by atoms with E-state index in [-0.39, 0.29) is 5.91 Å². The van der Waals surface area contributed by atoms with E-state index in [1.54, 1.807) is 14.2 Å². The standard InChI is InChI=1S/C19H26N4O3/c1-22-13-21-15-7-9-23(11-16(15)22)12-19(24)20-8-6-14-4-5-17(25-2)18(10-14)26-3/h4-5,10,13H,6-9,11-12H2,1-3H3,(H,20,24). The number of nitrogens with one attached hydrogen (secondary N) is 1. The third-order valence-electron chi connectivity index (χ3n) is 4.73. The highest BCUT2D eigenvalue weighted by atomic mass is 16.5. The maximum absolute atomic E-state index is 12.2. The molecule has 0 aliphatic carbocycles. The molecule has 2 heterocycles. The smallest absolute Gasteiger partial charge is 0.234 e. The van der Waals surface area contributed by atoms with Crippen molar-refractivity contribution in [3.63, 3.8) is 0 Å². The minimum absolute atomic E-state index is 0.0519. The first-order valence-electron chi connectivity index (χ1n) is 8.79. The fourth-order valence-corrected chi connectivity index (χ4v) is 3.25. The maximum Gasteiger partial charge on any atom is 0.234 e. The molecule has 0 fully saturated rings. The van der Waals surface area contributed by atoms with E-state index >= 15 is 0 Å². The van der Waals surface area contributed by atoms with Gasteiger partial charge in [0.1, 0.15) is 0 Å². The number of methoxy groups -OCH3 is 2. The second-order valence-electron chi connectivity index (χ2n) is 6.50. The Kier molecular flexibility index (Phi) is 5.78. The molecule has 2 aromatic rings. The van der Waals surface area contributed by atoms with Crippen LogP contribution in [0.3, 0.4) is 0 Å². The Morgan fingerprint density at radius 2 is 2.08 bits per heavy atom. The molecule has 7 nitrogen and oxygen atoms in total. The summed E-state index contributed by atoms with van der Waals surface area (Å²) in [7, 11) is 5.24. The van der Waals surface area contributed by atoms with E-state index in [0.29, 0.717) is 24.6 Å². The van der Waals surface area contributed by atoms with Crippen LogP contribution >= 0.6 is 0 Å². The van der Waals surface area contributed by atoms with E-state index in [4.69, 9.17) is 9.47 Å². The predicted molar refractivity (Wildman–Crippen MR) is 98.4 cm³/mol. The van der Waals surface area contributed by atoms with Gasteiger partial charge in [-0.2, -0.15) is 0 Å². The normalized spacial score (nSPS) is 14.0. The molecule has 1 aliphatic heterocycles. The minimum atomic E-state index is 0.0519. The Morgan fingerprint density at radius 1 is 1.27 bits per heavy atom. The zero-order chi connectivity index (χ0) is 18.5. The molecule has 1 aliphatic rings. The third kappa shape index (κ3) is 4.16. The van der Waals surface area contributed by atoms with Crippen LogP contribution in [0.15, 0.2) is 24.5 Å². The van der Waals surface area contributed by atoms with Crippen molar-refractivity contribution in [1.29, 1.82) is 0 Å². The zero-order valence-electron chi connectivity index (χ0n) is 15.6. The van der Waals surface area contributed by atoms with Crippen LogP contribution < -0.4 is 14.8 Å². The topological polar surface area (TPSA) is 68.6 Å². The van der Waals surface area contributed by atoms with Gasteiger partial charge in [0.15, 0.2) is 11.5 Å². The Hall–Kier alpha value is -2.54. The lowest BCUT2D eigenvalue weighted by Gasteiger charge is -2.26. The highest BCUT2D eigenvalue weighted by molar-refractivity contribution is 5.78. The van der Waals surface area contributed by atoms with Crippen molar-refractivity contribution in [2.45, 2.75) is 19.4 Å². The van der Waals surface area contributed by atoms with E-state index in [9.17, 15) is 4.79 Å². The Bertz CT molecular complexity index is 772. The number of benzene rings is 1. The van der Waals surface area contributed by atoms with Crippen molar-refractivity contribution in [2.24, 2.45) is 7.05 Å². The lowest BCUT2D eigenvalue weighted by Crippen LogP contribution is -2.40. The number of carbonyl (C=O) groups excluding carboxylic acids is 1. The van der Waals surface area contributed by atoms with Gasteiger partial charge in [-0.15, -0.1) is 0 Å². The number of aryl methyl sites for hydroxylation is 1. The second-order valence-corrected chi connectivity index (χ2v) is 6.50. The molecule has 1 aromatic heterocycles. The Labute approximate surface area is 153 Å². The molecule has 3 rings (SSSR count). The van der Waals surface area contributed by atoms with Crippen molar-refractivity contribution >= 4 is 5.91 Å². The summed E-state index contributed by atoms with van der Waals surface area (Å²) in [4.78, 5) is 18.8. The minimum Gasteiger partial charge on any atom is -0.493 e. The Balaban J connectivity index is 1.46. The van der Waals surface area contributed by atoms with Crippen LogP contribution in [0.5, 0.6) is 11.5 Å². The fourth-order valence-electron chi connectivity index (χ4n) is 3.25. The van der Waals surface area contributed by atoms with Crippen LogP contribution in [0.4, 0.5) is 0 Å². The molecular formula is C19H26N4O3. The first-order valence-corrected chi connectivity index (χ1v) is 8.79. The summed E-state index contributed by atoms with van der Waals surface area (Å²) in [5, 5.41) is 3.00. The molecule has 0 saturated heterocycles. The quantitative estimate of drug-likeness (QED) is 0.804. The van der Waals surface area contributed by atoms with Gasteiger partial charge < -0.3 is 19.4 Å². The lowest BCUT2D eigenvalue weighted by atomic mass is 10.1. The van der Waals surface area contributed by atoms with Crippen molar-refractivity contribution in [2.75, 3.05) is 33.9 Å². The van der Waals surface area contributed by atoms with Gasteiger partial charge in [-0.05, 0) is 24.1 Å². The number of carbonyl (C=O) groups is 1. The summed E-state index contributed by atoms with van der Waals surface area (Å²) in [5.41, 5.74) is 3.45. The molecule has 0 unspecified atom stereocenters. The van der Waals surface area contributed by atoms with Crippen molar-refractivity contribution in [1.82, 2.24) is 19.8 Å². The number of ether oxygens (including phenoxy) is 2. The summed E-state index contributed by atoms with van der Waals surface area (Å²) in [6.07, 6.45) is 3.49. The van der Waals surface area contributed by atoms with Gasteiger partial charge in [-0.1, -0.05) is 6.07 Å². The molecule has 0 atom stereocenters. The van der Waals surface area contributed by atoms with E-state index in [2.05, 4.69) is 15.2 Å². The van der Waals surface area contributed by atoms with Gasteiger partial charge in [-0.3, -0.25) is 9.69 Å². The number of fused-ring (bicyclic) bond motifs is 1. The molecule has 7 heteroatoms. The highest BCUT2D eigenvalue weighted by Gasteiger charge is 2.21. The average molecular weight is 358 g/mol. The van der Waals surface area contributed by atoms with Crippen LogP contribution in [0.1, 0.15) is 17.0 Å².